The van der Waals surface area contributed by atoms with Crippen molar-refractivity contribution >= 4 is 46.7 Å². The van der Waals surface area contributed by atoms with Crippen LogP contribution in [0, 0.1) is 12.8 Å². The summed E-state index contributed by atoms with van der Waals surface area (Å²) >= 11 is 7.33. The van der Waals surface area contributed by atoms with E-state index in [1.807, 2.05) is 25.1 Å². The van der Waals surface area contributed by atoms with Gasteiger partial charge in [-0.15, -0.1) is 10.2 Å². The minimum Gasteiger partial charge on any atom is -0.354 e. The molecule has 1 aliphatic heterocycles. The van der Waals surface area contributed by atoms with Gasteiger partial charge in [-0.3, -0.25) is 9.59 Å². The summed E-state index contributed by atoms with van der Waals surface area (Å²) in [7, 11) is 0. The number of halogens is 1. The number of nitrogens with one attached hydrogen (secondary N) is 2. The van der Waals surface area contributed by atoms with Gasteiger partial charge >= 0.3 is 0 Å². The molecule has 31 heavy (non-hydrogen) atoms. The molecule has 164 valence electrons. The molecule has 2 fully saturated rings. The van der Waals surface area contributed by atoms with E-state index in [2.05, 4.69) is 25.7 Å². The molecule has 1 aliphatic carbocycles. The second-order valence-corrected chi connectivity index (χ2v) is 9.53. The van der Waals surface area contributed by atoms with Crippen LogP contribution in [0.25, 0.3) is 0 Å². The standard InChI is InChI=1S/C22H26ClN5O2S/c1-14-4-5-16(23)11-18(14)25-20(29)13-31-21-9-8-19(26-27-21)28-10-2-3-15(12-28)22(30)24-17-6-7-17/h4-5,8-9,11,15,17H,2-3,6-7,10,12-13H2,1H3,(H,24,30)(H,25,29)/t15-/m1/s1. The molecule has 2 amide bonds. The number of aromatic nitrogens is 2. The van der Waals surface area contributed by atoms with Crippen LogP contribution in [0.2, 0.25) is 5.02 Å². The highest BCUT2D eigenvalue weighted by Crippen LogP contribution is 2.25. The Kier molecular flexibility index (Phi) is 6.97. The van der Waals surface area contributed by atoms with Crippen molar-refractivity contribution in [1.29, 1.82) is 0 Å². The minimum atomic E-state index is -0.123. The Morgan fingerprint density at radius 2 is 2.03 bits per heavy atom. The summed E-state index contributed by atoms with van der Waals surface area (Å²) in [5.74, 6) is 1.04. The average Bonchev–Trinajstić information content (AvgIpc) is 3.59. The average molecular weight is 460 g/mol. The van der Waals surface area contributed by atoms with Crippen LogP contribution < -0.4 is 15.5 Å². The summed E-state index contributed by atoms with van der Waals surface area (Å²) in [6.07, 6.45) is 4.08. The predicted octanol–water partition coefficient (Wildman–Crippen LogP) is 3.66. The highest BCUT2D eigenvalue weighted by molar-refractivity contribution is 7.99. The molecule has 9 heteroatoms. The van der Waals surface area contributed by atoms with Crippen molar-refractivity contribution in [2.75, 3.05) is 29.1 Å². The van der Waals surface area contributed by atoms with Crippen molar-refractivity contribution in [3.8, 4) is 0 Å². The number of hydrogen-bond acceptors (Lipinski definition) is 6. The van der Waals surface area contributed by atoms with E-state index in [9.17, 15) is 9.59 Å². The number of aryl methyl sites for hydroxylation is 1. The monoisotopic (exact) mass is 459 g/mol. The van der Waals surface area contributed by atoms with Crippen LogP contribution in [0.3, 0.4) is 0 Å². The Hall–Kier alpha value is -2.32. The lowest BCUT2D eigenvalue weighted by Crippen LogP contribution is -2.44. The molecule has 2 aliphatic rings. The summed E-state index contributed by atoms with van der Waals surface area (Å²) in [6, 6.07) is 9.58. The maximum atomic E-state index is 12.4. The van der Waals surface area contributed by atoms with Crippen LogP contribution in [0.5, 0.6) is 0 Å². The minimum absolute atomic E-state index is 0.00356. The van der Waals surface area contributed by atoms with Gasteiger partial charge in [0.15, 0.2) is 5.82 Å². The fourth-order valence-corrected chi connectivity index (χ4v) is 4.35. The molecule has 2 aromatic rings. The zero-order valence-corrected chi connectivity index (χ0v) is 19.0. The van der Waals surface area contributed by atoms with Crippen molar-refractivity contribution in [2.45, 2.75) is 43.7 Å². The molecule has 4 rings (SSSR count). The summed E-state index contributed by atoms with van der Waals surface area (Å²) < 4.78 is 0. The Morgan fingerprint density at radius 1 is 1.19 bits per heavy atom. The molecule has 0 unspecified atom stereocenters. The maximum absolute atomic E-state index is 12.4. The van der Waals surface area contributed by atoms with Gasteiger partial charge in [0.2, 0.25) is 11.8 Å². The molecule has 0 radical (unpaired) electrons. The third kappa shape index (κ3) is 6.11. The SMILES string of the molecule is Cc1ccc(Cl)cc1NC(=O)CSc1ccc(N2CCC[C@@H](C(=O)NC3CC3)C2)nn1. The number of hydrogen-bond donors (Lipinski definition) is 2. The fourth-order valence-electron chi connectivity index (χ4n) is 3.56. The first-order chi connectivity index (χ1) is 15.0. The van der Waals surface area contributed by atoms with Gasteiger partial charge in [-0.1, -0.05) is 29.4 Å². The number of nitrogens with zero attached hydrogens (tertiary/aromatic N) is 3. The number of anilines is 2. The molecule has 1 aromatic carbocycles. The highest BCUT2D eigenvalue weighted by atomic mass is 35.5. The molecular formula is C22H26ClN5O2S. The zero-order valence-electron chi connectivity index (χ0n) is 17.4. The van der Waals surface area contributed by atoms with E-state index in [0.717, 1.165) is 43.6 Å². The molecular weight excluding hydrogens is 434 g/mol. The van der Waals surface area contributed by atoms with Gasteiger partial charge in [0.05, 0.1) is 11.7 Å². The van der Waals surface area contributed by atoms with Crippen molar-refractivity contribution in [3.63, 3.8) is 0 Å². The number of piperidine rings is 1. The molecule has 7 nitrogen and oxygen atoms in total. The van der Waals surface area contributed by atoms with E-state index in [0.29, 0.717) is 28.3 Å². The Bertz CT molecular complexity index is 951. The van der Waals surface area contributed by atoms with E-state index in [-0.39, 0.29) is 23.5 Å². The van der Waals surface area contributed by atoms with E-state index < -0.39 is 0 Å². The Labute approximate surface area is 191 Å². The summed E-state index contributed by atoms with van der Waals surface area (Å²) in [4.78, 5) is 26.8. The molecule has 1 saturated heterocycles. The first-order valence-corrected chi connectivity index (χ1v) is 11.9. The third-order valence-corrected chi connectivity index (χ3v) is 6.65. The van der Waals surface area contributed by atoms with Gasteiger partial charge in [0.25, 0.3) is 0 Å². The first-order valence-electron chi connectivity index (χ1n) is 10.6. The van der Waals surface area contributed by atoms with Gasteiger partial charge in [0, 0.05) is 29.8 Å². The number of benzene rings is 1. The van der Waals surface area contributed by atoms with E-state index in [1.165, 1.54) is 11.8 Å². The number of carbonyl (C=O) groups excluding carboxylic acids is 2. The van der Waals surface area contributed by atoms with E-state index >= 15 is 0 Å². The third-order valence-electron chi connectivity index (χ3n) is 5.49. The topological polar surface area (TPSA) is 87.2 Å². The summed E-state index contributed by atoms with van der Waals surface area (Å²) in [5.41, 5.74) is 1.67. The second kappa shape index (κ2) is 9.87. The van der Waals surface area contributed by atoms with Gasteiger partial charge < -0.3 is 15.5 Å². The lowest BCUT2D eigenvalue weighted by Gasteiger charge is -2.32. The summed E-state index contributed by atoms with van der Waals surface area (Å²) in [5, 5.41) is 15.8. The first kappa shape index (κ1) is 21.9. The quantitative estimate of drug-likeness (QED) is 0.614. The van der Waals surface area contributed by atoms with Crippen molar-refractivity contribution in [3.05, 3.63) is 40.9 Å². The van der Waals surface area contributed by atoms with Gasteiger partial charge in [0.1, 0.15) is 5.03 Å². The normalized spacial score (nSPS) is 18.5. The number of thioether (sulfide) groups is 1. The Balaban J connectivity index is 1.28. The van der Waals surface area contributed by atoms with Crippen molar-refractivity contribution < 1.29 is 9.59 Å². The maximum Gasteiger partial charge on any atom is 0.234 e. The lowest BCUT2D eigenvalue weighted by molar-refractivity contribution is -0.125. The van der Waals surface area contributed by atoms with Crippen LogP contribution in [-0.2, 0) is 9.59 Å². The second-order valence-electron chi connectivity index (χ2n) is 8.09. The lowest BCUT2D eigenvalue weighted by atomic mass is 9.97. The molecule has 0 spiro atoms. The molecule has 2 heterocycles. The van der Waals surface area contributed by atoms with E-state index in [1.54, 1.807) is 12.1 Å². The Morgan fingerprint density at radius 3 is 2.77 bits per heavy atom. The van der Waals surface area contributed by atoms with E-state index in [4.69, 9.17) is 11.6 Å². The predicted molar refractivity (Wildman–Crippen MR) is 124 cm³/mol. The van der Waals surface area contributed by atoms with Gasteiger partial charge in [-0.2, -0.15) is 0 Å². The summed E-state index contributed by atoms with van der Waals surface area (Å²) in [6.45, 7) is 3.46. The largest absolute Gasteiger partial charge is 0.354 e. The van der Waals surface area contributed by atoms with Gasteiger partial charge in [-0.05, 0) is 62.4 Å². The van der Waals surface area contributed by atoms with Crippen LogP contribution in [-0.4, -0.2) is 46.9 Å². The van der Waals surface area contributed by atoms with Crippen LogP contribution in [0.15, 0.2) is 35.4 Å². The molecule has 0 bridgehead atoms. The van der Waals surface area contributed by atoms with Gasteiger partial charge in [-0.25, -0.2) is 0 Å². The fraction of sp³-hybridized carbons (Fsp3) is 0.455. The molecule has 1 atom stereocenters. The van der Waals surface area contributed by atoms with Crippen molar-refractivity contribution in [2.24, 2.45) is 5.92 Å². The van der Waals surface area contributed by atoms with Crippen LogP contribution >= 0.6 is 23.4 Å². The van der Waals surface area contributed by atoms with Crippen LogP contribution in [0.1, 0.15) is 31.2 Å². The zero-order chi connectivity index (χ0) is 21.8. The molecule has 1 saturated carbocycles. The smallest absolute Gasteiger partial charge is 0.234 e. The number of carbonyl (C=O) groups is 2. The highest BCUT2D eigenvalue weighted by Gasteiger charge is 2.30. The molecule has 1 aromatic heterocycles. The molecule has 2 N–H and O–H groups in total. The van der Waals surface area contributed by atoms with Crippen molar-refractivity contribution in [1.82, 2.24) is 15.5 Å². The number of amides is 2. The van der Waals surface area contributed by atoms with Crippen LogP contribution in [0.4, 0.5) is 11.5 Å². The number of rotatable bonds is 7.